The van der Waals surface area contributed by atoms with E-state index in [2.05, 4.69) is 10.6 Å². The van der Waals surface area contributed by atoms with Crippen LogP contribution in [0.1, 0.15) is 18.1 Å². The molecule has 1 aliphatic rings. The molecule has 0 aliphatic carbocycles. The molecule has 0 spiro atoms. The van der Waals surface area contributed by atoms with Crippen LogP contribution in [0, 0.1) is 0 Å². The summed E-state index contributed by atoms with van der Waals surface area (Å²) in [5.41, 5.74) is 5.05. The maximum Gasteiger partial charge on any atom is 0.430 e. The van der Waals surface area contributed by atoms with Gasteiger partial charge in [-0.15, -0.1) is 0 Å². The van der Waals surface area contributed by atoms with Crippen molar-refractivity contribution in [1.82, 2.24) is 5.43 Å². The standard InChI is InChI=1S/C17H15Cl2N3O3/c1-11-21-22(17(23)25-11)16-5-3-2-4-13(16)10-24-20-9-12-6-7-14(18)8-15(12)19/h2-9,11,21H,10H2,1H3/b20-9+. The van der Waals surface area contributed by atoms with Crippen LogP contribution >= 0.6 is 23.2 Å². The number of hydrogen-bond acceptors (Lipinski definition) is 5. The Hall–Kier alpha value is -2.28. The molecule has 1 atom stereocenters. The van der Waals surface area contributed by atoms with E-state index in [1.807, 2.05) is 18.2 Å². The van der Waals surface area contributed by atoms with Crippen LogP contribution in [0.15, 0.2) is 47.6 Å². The predicted octanol–water partition coefficient (Wildman–Crippen LogP) is 4.35. The third-order valence-electron chi connectivity index (χ3n) is 3.45. The van der Waals surface area contributed by atoms with Crippen molar-refractivity contribution >= 4 is 41.2 Å². The number of ether oxygens (including phenoxy) is 1. The van der Waals surface area contributed by atoms with Gasteiger partial charge in [-0.05, 0) is 25.1 Å². The number of nitrogens with zero attached hydrogens (tertiary/aromatic N) is 2. The van der Waals surface area contributed by atoms with E-state index >= 15 is 0 Å². The Morgan fingerprint density at radius 1 is 1.32 bits per heavy atom. The van der Waals surface area contributed by atoms with E-state index in [4.69, 9.17) is 32.8 Å². The molecular formula is C17H15Cl2N3O3. The van der Waals surface area contributed by atoms with Gasteiger partial charge in [-0.25, -0.2) is 9.80 Å². The van der Waals surface area contributed by atoms with Crippen molar-refractivity contribution in [3.8, 4) is 0 Å². The predicted molar refractivity (Wildman–Crippen MR) is 96.8 cm³/mol. The smallest absolute Gasteiger partial charge is 0.428 e. The van der Waals surface area contributed by atoms with Gasteiger partial charge >= 0.3 is 6.09 Å². The van der Waals surface area contributed by atoms with Crippen LogP contribution < -0.4 is 10.4 Å². The van der Waals surface area contributed by atoms with Gasteiger partial charge in [0.1, 0.15) is 6.61 Å². The second-order valence-electron chi connectivity index (χ2n) is 5.29. The summed E-state index contributed by atoms with van der Waals surface area (Å²) in [6.45, 7) is 1.93. The summed E-state index contributed by atoms with van der Waals surface area (Å²) < 4.78 is 5.07. The van der Waals surface area contributed by atoms with Crippen molar-refractivity contribution in [3.63, 3.8) is 0 Å². The Morgan fingerprint density at radius 2 is 2.12 bits per heavy atom. The molecule has 1 saturated heterocycles. The fourth-order valence-corrected chi connectivity index (χ4v) is 2.75. The summed E-state index contributed by atoms with van der Waals surface area (Å²) in [6.07, 6.45) is 0.661. The number of oxime groups is 1. The maximum absolute atomic E-state index is 11.9. The number of rotatable bonds is 5. The molecule has 0 bridgehead atoms. The number of para-hydroxylation sites is 1. The summed E-state index contributed by atoms with van der Waals surface area (Å²) in [5, 5.41) is 6.31. The molecule has 1 N–H and O–H groups in total. The minimum absolute atomic E-state index is 0.178. The highest BCUT2D eigenvalue weighted by Gasteiger charge is 2.30. The molecule has 1 fully saturated rings. The highest BCUT2D eigenvalue weighted by Crippen LogP contribution is 2.24. The van der Waals surface area contributed by atoms with Gasteiger partial charge in [0.2, 0.25) is 0 Å². The van der Waals surface area contributed by atoms with Gasteiger partial charge in [0.25, 0.3) is 0 Å². The lowest BCUT2D eigenvalue weighted by atomic mass is 10.2. The first-order chi connectivity index (χ1) is 12.0. The average Bonchev–Trinajstić information content (AvgIpc) is 2.92. The summed E-state index contributed by atoms with van der Waals surface area (Å²) in [5.74, 6) is 0. The molecular weight excluding hydrogens is 365 g/mol. The Labute approximate surface area is 154 Å². The van der Waals surface area contributed by atoms with E-state index in [9.17, 15) is 4.79 Å². The largest absolute Gasteiger partial charge is 0.430 e. The number of amides is 1. The SMILES string of the molecule is CC1NN(c2ccccc2CO/N=C/c2ccc(Cl)cc2Cl)C(=O)O1. The molecule has 0 radical (unpaired) electrons. The number of hydrogen-bond donors (Lipinski definition) is 1. The van der Waals surface area contributed by atoms with Crippen LogP contribution in [0.3, 0.4) is 0 Å². The molecule has 3 rings (SSSR count). The Kier molecular flexibility index (Phi) is 5.43. The monoisotopic (exact) mass is 379 g/mol. The van der Waals surface area contributed by atoms with Crippen molar-refractivity contribution in [1.29, 1.82) is 0 Å². The van der Waals surface area contributed by atoms with Crippen molar-refractivity contribution in [3.05, 3.63) is 63.6 Å². The molecule has 25 heavy (non-hydrogen) atoms. The quantitative estimate of drug-likeness (QED) is 0.619. The number of hydrazine groups is 1. The number of benzene rings is 2. The van der Waals surface area contributed by atoms with Gasteiger partial charge in [0.15, 0.2) is 6.23 Å². The van der Waals surface area contributed by atoms with Crippen LogP contribution in [0.5, 0.6) is 0 Å². The first-order valence-corrected chi connectivity index (χ1v) is 8.25. The van der Waals surface area contributed by atoms with Crippen molar-refractivity contribution < 1.29 is 14.4 Å². The zero-order valence-corrected chi connectivity index (χ0v) is 14.8. The van der Waals surface area contributed by atoms with Gasteiger partial charge in [0, 0.05) is 16.1 Å². The normalized spacial score (nSPS) is 17.2. The Bertz CT molecular complexity index is 813. The lowest BCUT2D eigenvalue weighted by Gasteiger charge is -2.16. The summed E-state index contributed by atoms with van der Waals surface area (Å²) >= 11 is 11.9. The first kappa shape index (κ1) is 17.5. The van der Waals surface area contributed by atoms with Gasteiger partial charge in [0.05, 0.1) is 16.9 Å². The number of halogens is 2. The number of nitrogens with one attached hydrogen (secondary N) is 1. The number of carbonyl (C=O) groups is 1. The van der Waals surface area contributed by atoms with E-state index in [0.29, 0.717) is 21.3 Å². The molecule has 130 valence electrons. The van der Waals surface area contributed by atoms with Gasteiger partial charge in [-0.3, -0.25) is 0 Å². The van der Waals surface area contributed by atoms with E-state index in [1.54, 1.807) is 31.2 Å². The van der Waals surface area contributed by atoms with Crippen molar-refractivity contribution in [2.24, 2.45) is 5.16 Å². The minimum atomic E-state index is -0.462. The fourth-order valence-electron chi connectivity index (χ4n) is 2.29. The molecule has 1 amide bonds. The number of cyclic esters (lactones) is 1. The molecule has 2 aromatic carbocycles. The molecule has 1 aliphatic heterocycles. The average molecular weight is 380 g/mol. The number of carbonyl (C=O) groups excluding carboxylic acids is 1. The van der Waals surface area contributed by atoms with E-state index in [-0.39, 0.29) is 12.8 Å². The fraction of sp³-hybridized carbons (Fsp3) is 0.176. The molecule has 1 heterocycles. The summed E-state index contributed by atoms with van der Waals surface area (Å²) in [6, 6.07) is 12.4. The Balaban J connectivity index is 1.68. The van der Waals surface area contributed by atoms with Gasteiger partial charge in [-0.1, -0.05) is 52.6 Å². The maximum atomic E-state index is 11.9. The van der Waals surface area contributed by atoms with Gasteiger partial charge < -0.3 is 9.57 Å². The highest BCUT2D eigenvalue weighted by atomic mass is 35.5. The Morgan fingerprint density at radius 3 is 2.84 bits per heavy atom. The van der Waals surface area contributed by atoms with E-state index in [1.165, 1.54) is 11.2 Å². The third kappa shape index (κ3) is 4.22. The highest BCUT2D eigenvalue weighted by molar-refractivity contribution is 6.36. The minimum Gasteiger partial charge on any atom is -0.428 e. The zero-order chi connectivity index (χ0) is 17.8. The van der Waals surface area contributed by atoms with Crippen molar-refractivity contribution in [2.45, 2.75) is 19.8 Å². The van der Waals surface area contributed by atoms with Crippen LogP contribution in [0.2, 0.25) is 10.0 Å². The molecule has 2 aromatic rings. The molecule has 8 heteroatoms. The molecule has 0 aromatic heterocycles. The second-order valence-corrected chi connectivity index (χ2v) is 6.14. The number of anilines is 1. The van der Waals surface area contributed by atoms with Crippen LogP contribution in [0.25, 0.3) is 0 Å². The van der Waals surface area contributed by atoms with Crippen LogP contribution in [-0.4, -0.2) is 18.5 Å². The topological polar surface area (TPSA) is 63.2 Å². The lowest BCUT2D eigenvalue weighted by Crippen LogP contribution is -2.36. The van der Waals surface area contributed by atoms with E-state index < -0.39 is 6.09 Å². The van der Waals surface area contributed by atoms with Crippen LogP contribution in [-0.2, 0) is 16.2 Å². The summed E-state index contributed by atoms with van der Waals surface area (Å²) in [7, 11) is 0. The zero-order valence-electron chi connectivity index (χ0n) is 13.3. The molecule has 6 nitrogen and oxygen atoms in total. The van der Waals surface area contributed by atoms with E-state index in [0.717, 1.165) is 5.56 Å². The second kappa shape index (κ2) is 7.74. The van der Waals surface area contributed by atoms with Crippen LogP contribution in [0.4, 0.5) is 10.5 Å². The van der Waals surface area contributed by atoms with Crippen molar-refractivity contribution in [2.75, 3.05) is 5.01 Å². The first-order valence-electron chi connectivity index (χ1n) is 7.50. The molecule has 1 unspecified atom stereocenters. The van der Waals surface area contributed by atoms with Gasteiger partial charge in [-0.2, -0.15) is 5.43 Å². The third-order valence-corrected chi connectivity index (χ3v) is 4.01. The summed E-state index contributed by atoms with van der Waals surface area (Å²) in [4.78, 5) is 17.2. The molecule has 0 saturated carbocycles. The lowest BCUT2D eigenvalue weighted by molar-refractivity contribution is 0.132.